The van der Waals surface area contributed by atoms with Crippen molar-refractivity contribution in [3.05, 3.63) is 35.3 Å². The summed E-state index contributed by atoms with van der Waals surface area (Å²) >= 11 is 0. The van der Waals surface area contributed by atoms with E-state index in [1.807, 2.05) is 20.8 Å². The number of halogens is 1. The number of fused-ring (bicyclic) bond motifs is 1. The van der Waals surface area contributed by atoms with Crippen LogP contribution in [0.2, 0.25) is 0 Å². The van der Waals surface area contributed by atoms with Crippen molar-refractivity contribution in [3.63, 3.8) is 0 Å². The van der Waals surface area contributed by atoms with E-state index >= 15 is 0 Å². The van der Waals surface area contributed by atoms with Crippen molar-refractivity contribution < 1.29 is 13.5 Å². The summed E-state index contributed by atoms with van der Waals surface area (Å²) in [6, 6.07) is 4.54. The smallest absolute Gasteiger partial charge is 0.191 e. The first-order valence-corrected chi connectivity index (χ1v) is 7.53. The van der Waals surface area contributed by atoms with Crippen LogP contribution in [0.1, 0.15) is 25.2 Å². The number of guanidine groups is 1. The Labute approximate surface area is 135 Å². The number of hydrogen-bond donors (Lipinski definition) is 2. The molecule has 1 aromatic carbocycles. The van der Waals surface area contributed by atoms with Gasteiger partial charge in [0.2, 0.25) is 0 Å². The number of rotatable bonds is 5. The number of ether oxygens (including phenoxy) is 1. The first kappa shape index (κ1) is 17.3. The van der Waals surface area contributed by atoms with Gasteiger partial charge in [-0.15, -0.1) is 0 Å². The number of benzene rings is 1. The minimum atomic E-state index is -0.287. The SMILES string of the molecule is CN=C(NCc1oc2ccc(F)cc2c1C)NCC(C)(C)OC. The van der Waals surface area contributed by atoms with Gasteiger partial charge in [-0.05, 0) is 39.0 Å². The standard InChI is InChI=1S/C17H24FN3O2/c1-11-13-8-12(18)6-7-14(13)23-15(11)9-20-16(19-4)21-10-17(2,3)22-5/h6-8H,9-10H2,1-5H3,(H2,19,20,21). The van der Waals surface area contributed by atoms with E-state index < -0.39 is 0 Å². The first-order valence-electron chi connectivity index (χ1n) is 7.53. The maximum absolute atomic E-state index is 13.3. The zero-order valence-corrected chi connectivity index (χ0v) is 14.3. The van der Waals surface area contributed by atoms with Gasteiger partial charge in [0, 0.05) is 31.7 Å². The van der Waals surface area contributed by atoms with Gasteiger partial charge in [-0.25, -0.2) is 4.39 Å². The summed E-state index contributed by atoms with van der Waals surface area (Å²) in [5.41, 5.74) is 1.33. The monoisotopic (exact) mass is 321 g/mol. The molecule has 2 N–H and O–H groups in total. The van der Waals surface area contributed by atoms with Gasteiger partial charge < -0.3 is 19.8 Å². The van der Waals surface area contributed by atoms with Gasteiger partial charge in [0.15, 0.2) is 5.96 Å². The van der Waals surface area contributed by atoms with Crippen molar-refractivity contribution in [2.45, 2.75) is 32.9 Å². The zero-order chi connectivity index (χ0) is 17.0. The molecule has 0 saturated heterocycles. The van der Waals surface area contributed by atoms with Gasteiger partial charge in [-0.2, -0.15) is 0 Å². The van der Waals surface area contributed by atoms with E-state index in [2.05, 4.69) is 15.6 Å². The largest absolute Gasteiger partial charge is 0.459 e. The Bertz CT molecular complexity index is 707. The Hall–Kier alpha value is -2.08. The molecule has 0 atom stereocenters. The highest BCUT2D eigenvalue weighted by molar-refractivity contribution is 5.83. The molecule has 2 aromatic rings. The van der Waals surface area contributed by atoms with Gasteiger partial charge in [0.25, 0.3) is 0 Å². The number of nitrogens with one attached hydrogen (secondary N) is 2. The van der Waals surface area contributed by atoms with Crippen molar-refractivity contribution in [2.75, 3.05) is 20.7 Å². The minimum Gasteiger partial charge on any atom is -0.459 e. The van der Waals surface area contributed by atoms with Crippen molar-refractivity contribution >= 4 is 16.9 Å². The third-order valence-corrected chi connectivity index (χ3v) is 3.87. The molecule has 0 amide bonds. The summed E-state index contributed by atoms with van der Waals surface area (Å²) in [6.07, 6.45) is 0. The molecule has 0 bridgehead atoms. The lowest BCUT2D eigenvalue weighted by Gasteiger charge is -2.24. The van der Waals surface area contributed by atoms with E-state index in [9.17, 15) is 4.39 Å². The Morgan fingerprint density at radius 3 is 2.74 bits per heavy atom. The van der Waals surface area contributed by atoms with E-state index in [1.165, 1.54) is 12.1 Å². The molecule has 0 saturated carbocycles. The van der Waals surface area contributed by atoms with Crippen molar-refractivity contribution in [3.8, 4) is 0 Å². The third kappa shape index (κ3) is 4.22. The summed E-state index contributed by atoms with van der Waals surface area (Å²) < 4.78 is 24.5. The van der Waals surface area contributed by atoms with Gasteiger partial charge >= 0.3 is 0 Å². The highest BCUT2D eigenvalue weighted by Crippen LogP contribution is 2.25. The van der Waals surface area contributed by atoms with E-state index in [0.717, 1.165) is 16.7 Å². The lowest BCUT2D eigenvalue weighted by molar-refractivity contribution is 0.0268. The average Bonchev–Trinajstić information content (AvgIpc) is 2.84. The highest BCUT2D eigenvalue weighted by atomic mass is 19.1. The lowest BCUT2D eigenvalue weighted by Crippen LogP contribution is -2.45. The highest BCUT2D eigenvalue weighted by Gasteiger charge is 2.17. The number of aliphatic imine (C=N–C) groups is 1. The van der Waals surface area contributed by atoms with Crippen LogP contribution >= 0.6 is 0 Å². The molecular weight excluding hydrogens is 297 g/mol. The molecule has 0 aliphatic rings. The second-order valence-electron chi connectivity index (χ2n) is 6.03. The molecule has 23 heavy (non-hydrogen) atoms. The van der Waals surface area contributed by atoms with Crippen LogP contribution in [0.3, 0.4) is 0 Å². The quantitative estimate of drug-likeness (QED) is 0.656. The normalized spacial score (nSPS) is 12.7. The molecule has 2 rings (SSSR count). The predicted molar refractivity (Wildman–Crippen MR) is 90.2 cm³/mol. The second-order valence-corrected chi connectivity index (χ2v) is 6.03. The summed E-state index contributed by atoms with van der Waals surface area (Å²) in [6.45, 7) is 6.99. The van der Waals surface area contributed by atoms with Crippen LogP contribution in [-0.4, -0.2) is 32.3 Å². The summed E-state index contributed by atoms with van der Waals surface area (Å²) in [5, 5.41) is 7.20. The molecule has 0 aliphatic carbocycles. The molecule has 126 valence electrons. The minimum absolute atomic E-state index is 0.264. The average molecular weight is 321 g/mol. The topological polar surface area (TPSA) is 58.8 Å². The zero-order valence-electron chi connectivity index (χ0n) is 14.3. The molecule has 1 aromatic heterocycles. The number of nitrogens with zero attached hydrogens (tertiary/aromatic N) is 1. The number of methoxy groups -OCH3 is 1. The number of furan rings is 1. The van der Waals surface area contributed by atoms with E-state index in [4.69, 9.17) is 9.15 Å². The van der Waals surface area contributed by atoms with Crippen LogP contribution in [0.15, 0.2) is 27.6 Å². The number of aryl methyl sites for hydroxylation is 1. The molecule has 0 unspecified atom stereocenters. The Balaban J connectivity index is 2.03. The third-order valence-electron chi connectivity index (χ3n) is 3.87. The van der Waals surface area contributed by atoms with Crippen LogP contribution < -0.4 is 10.6 Å². The van der Waals surface area contributed by atoms with Crippen LogP contribution in [0.4, 0.5) is 4.39 Å². The molecule has 6 heteroatoms. The van der Waals surface area contributed by atoms with Crippen molar-refractivity contribution in [1.29, 1.82) is 0 Å². The molecule has 0 fully saturated rings. The van der Waals surface area contributed by atoms with Crippen LogP contribution in [0.5, 0.6) is 0 Å². The fraction of sp³-hybridized carbons (Fsp3) is 0.471. The lowest BCUT2D eigenvalue weighted by atomic mass is 10.1. The van der Waals surface area contributed by atoms with Crippen molar-refractivity contribution in [1.82, 2.24) is 10.6 Å². The molecule has 0 radical (unpaired) electrons. The van der Waals surface area contributed by atoms with Gasteiger partial charge in [-0.3, -0.25) is 4.99 Å². The fourth-order valence-corrected chi connectivity index (χ4v) is 2.17. The van der Waals surface area contributed by atoms with Gasteiger partial charge in [0.1, 0.15) is 17.2 Å². The van der Waals surface area contributed by atoms with Crippen LogP contribution in [0, 0.1) is 12.7 Å². The summed E-state index contributed by atoms with van der Waals surface area (Å²) in [5.74, 6) is 1.15. The van der Waals surface area contributed by atoms with Gasteiger partial charge in [0.05, 0.1) is 12.1 Å². The Morgan fingerprint density at radius 2 is 2.09 bits per heavy atom. The Kier molecular flexibility index (Phi) is 5.26. The second kappa shape index (κ2) is 7.00. The van der Waals surface area contributed by atoms with Crippen LogP contribution in [0.25, 0.3) is 11.0 Å². The first-order chi connectivity index (χ1) is 10.9. The summed E-state index contributed by atoms with van der Waals surface area (Å²) in [4.78, 5) is 4.18. The van der Waals surface area contributed by atoms with E-state index in [1.54, 1.807) is 20.2 Å². The predicted octanol–water partition coefficient (Wildman–Crippen LogP) is 2.97. The number of hydrogen-bond acceptors (Lipinski definition) is 3. The van der Waals surface area contributed by atoms with E-state index in [0.29, 0.717) is 24.6 Å². The van der Waals surface area contributed by atoms with Crippen LogP contribution in [-0.2, 0) is 11.3 Å². The maximum Gasteiger partial charge on any atom is 0.191 e. The fourth-order valence-electron chi connectivity index (χ4n) is 2.17. The van der Waals surface area contributed by atoms with E-state index in [-0.39, 0.29) is 11.4 Å². The molecule has 1 heterocycles. The Morgan fingerprint density at radius 1 is 1.35 bits per heavy atom. The van der Waals surface area contributed by atoms with Gasteiger partial charge in [-0.1, -0.05) is 0 Å². The molecule has 0 aliphatic heterocycles. The van der Waals surface area contributed by atoms with Crippen molar-refractivity contribution in [2.24, 2.45) is 4.99 Å². The summed E-state index contributed by atoms with van der Waals surface area (Å²) in [7, 11) is 3.38. The maximum atomic E-state index is 13.3. The molecule has 5 nitrogen and oxygen atoms in total. The molecular formula is C17H24FN3O2. The molecule has 0 spiro atoms.